The second-order valence-electron chi connectivity index (χ2n) is 6.63. The Balaban J connectivity index is 1.24. The summed E-state index contributed by atoms with van der Waals surface area (Å²) < 4.78 is 5.38. The molecule has 3 aromatic heterocycles. The summed E-state index contributed by atoms with van der Waals surface area (Å²) in [7, 11) is 0. The van der Waals surface area contributed by atoms with Crippen molar-refractivity contribution in [3.63, 3.8) is 0 Å². The summed E-state index contributed by atoms with van der Waals surface area (Å²) in [6.45, 7) is 1.08. The molecule has 0 aliphatic carbocycles. The fraction of sp³-hybridized carbons (Fsp3) is 0.150. The number of aromatic amines is 1. The number of carbonyl (C=O) groups is 1. The van der Waals surface area contributed by atoms with Crippen LogP contribution in [0.15, 0.2) is 65.4 Å². The molecular weight excluding hydrogens is 356 g/mol. The average molecular weight is 372 g/mol. The number of hydrogen-bond donors (Lipinski definition) is 1. The van der Waals surface area contributed by atoms with Crippen molar-refractivity contribution in [1.82, 2.24) is 30.2 Å². The second kappa shape index (κ2) is 6.73. The van der Waals surface area contributed by atoms with Gasteiger partial charge in [0.1, 0.15) is 5.69 Å². The molecule has 1 aliphatic heterocycles. The molecule has 1 aromatic carbocycles. The number of benzene rings is 1. The van der Waals surface area contributed by atoms with Crippen LogP contribution < -0.4 is 0 Å². The molecule has 8 nitrogen and oxygen atoms in total. The normalized spacial score (nSPS) is 14.1. The number of aromatic nitrogens is 5. The number of nitrogens with one attached hydrogen (secondary N) is 1. The summed E-state index contributed by atoms with van der Waals surface area (Å²) >= 11 is 0. The Morgan fingerprint density at radius 1 is 1.07 bits per heavy atom. The van der Waals surface area contributed by atoms with Crippen LogP contribution in [0.3, 0.4) is 0 Å². The Morgan fingerprint density at radius 3 is 2.64 bits per heavy atom. The number of likely N-dealkylation sites (tertiary alicyclic amines) is 1. The van der Waals surface area contributed by atoms with Crippen LogP contribution in [0.25, 0.3) is 22.6 Å². The zero-order valence-corrected chi connectivity index (χ0v) is 14.8. The number of H-pyrrole nitrogens is 1. The molecule has 0 atom stereocenters. The number of nitrogens with zero attached hydrogens (tertiary/aromatic N) is 5. The van der Waals surface area contributed by atoms with E-state index in [1.54, 1.807) is 23.4 Å². The van der Waals surface area contributed by atoms with Crippen molar-refractivity contribution in [1.29, 1.82) is 0 Å². The highest BCUT2D eigenvalue weighted by Crippen LogP contribution is 2.29. The quantitative estimate of drug-likeness (QED) is 0.591. The molecule has 1 N–H and O–H groups in total. The van der Waals surface area contributed by atoms with E-state index in [1.165, 1.54) is 0 Å². The Morgan fingerprint density at radius 2 is 1.86 bits per heavy atom. The SMILES string of the molecule is O=C(c1cc(-c2ccccc2)n[nH]1)N1CC(c2nc(-c3ccncc3)no2)C1. The van der Waals surface area contributed by atoms with Gasteiger partial charge in [-0.3, -0.25) is 14.9 Å². The van der Waals surface area contributed by atoms with Crippen LogP contribution in [-0.4, -0.2) is 49.2 Å². The van der Waals surface area contributed by atoms with Crippen molar-refractivity contribution >= 4 is 5.91 Å². The predicted molar refractivity (Wildman–Crippen MR) is 100 cm³/mol. The maximum atomic E-state index is 12.7. The van der Waals surface area contributed by atoms with Crippen molar-refractivity contribution in [2.45, 2.75) is 5.92 Å². The van der Waals surface area contributed by atoms with Crippen LogP contribution in [0.2, 0.25) is 0 Å². The molecule has 4 heterocycles. The van der Waals surface area contributed by atoms with Gasteiger partial charge in [0.15, 0.2) is 0 Å². The monoisotopic (exact) mass is 372 g/mol. The third-order valence-electron chi connectivity index (χ3n) is 4.78. The van der Waals surface area contributed by atoms with Gasteiger partial charge in [-0.25, -0.2) is 0 Å². The van der Waals surface area contributed by atoms with E-state index in [4.69, 9.17) is 4.52 Å². The molecule has 1 aliphatic rings. The fourth-order valence-electron chi connectivity index (χ4n) is 3.18. The lowest BCUT2D eigenvalue weighted by atomic mass is 9.99. The van der Waals surface area contributed by atoms with Crippen molar-refractivity contribution in [3.05, 3.63) is 72.5 Å². The highest BCUT2D eigenvalue weighted by Gasteiger charge is 2.36. The van der Waals surface area contributed by atoms with Gasteiger partial charge in [-0.05, 0) is 18.2 Å². The Bertz CT molecular complexity index is 1100. The molecule has 1 saturated heterocycles. The summed E-state index contributed by atoms with van der Waals surface area (Å²) in [6, 6.07) is 15.2. The van der Waals surface area contributed by atoms with E-state index < -0.39 is 0 Å². The van der Waals surface area contributed by atoms with Crippen molar-refractivity contribution in [2.75, 3.05) is 13.1 Å². The zero-order chi connectivity index (χ0) is 18.9. The maximum absolute atomic E-state index is 12.7. The molecule has 28 heavy (non-hydrogen) atoms. The first-order valence-electron chi connectivity index (χ1n) is 8.92. The molecule has 138 valence electrons. The first-order valence-corrected chi connectivity index (χ1v) is 8.92. The van der Waals surface area contributed by atoms with Crippen LogP contribution >= 0.6 is 0 Å². The van der Waals surface area contributed by atoms with E-state index in [0.29, 0.717) is 30.5 Å². The van der Waals surface area contributed by atoms with Gasteiger partial charge in [0.2, 0.25) is 11.7 Å². The average Bonchev–Trinajstić information content (AvgIpc) is 3.38. The number of carbonyl (C=O) groups excluding carboxylic acids is 1. The van der Waals surface area contributed by atoms with Gasteiger partial charge in [0.25, 0.3) is 5.91 Å². The summed E-state index contributed by atoms with van der Waals surface area (Å²) in [6.07, 6.45) is 3.37. The highest BCUT2D eigenvalue weighted by molar-refractivity contribution is 5.94. The minimum Gasteiger partial charge on any atom is -0.339 e. The molecule has 4 aromatic rings. The second-order valence-corrected chi connectivity index (χ2v) is 6.63. The van der Waals surface area contributed by atoms with E-state index >= 15 is 0 Å². The Labute approximate surface area is 160 Å². The largest absolute Gasteiger partial charge is 0.339 e. The minimum atomic E-state index is -0.0835. The lowest BCUT2D eigenvalue weighted by Crippen LogP contribution is -2.48. The molecule has 5 rings (SSSR count). The molecule has 8 heteroatoms. The number of hydrogen-bond acceptors (Lipinski definition) is 6. The summed E-state index contributed by atoms with van der Waals surface area (Å²) in [5.41, 5.74) is 3.04. The van der Waals surface area contributed by atoms with Crippen LogP contribution in [0.1, 0.15) is 22.3 Å². The number of amides is 1. The van der Waals surface area contributed by atoms with E-state index in [1.807, 2.05) is 42.5 Å². The van der Waals surface area contributed by atoms with Gasteiger partial charge in [-0.2, -0.15) is 10.1 Å². The van der Waals surface area contributed by atoms with E-state index in [2.05, 4.69) is 25.3 Å². The van der Waals surface area contributed by atoms with Crippen molar-refractivity contribution in [3.8, 4) is 22.6 Å². The van der Waals surface area contributed by atoms with Gasteiger partial charge in [0, 0.05) is 36.6 Å². The van der Waals surface area contributed by atoms with Gasteiger partial charge in [-0.15, -0.1) is 0 Å². The lowest BCUT2D eigenvalue weighted by Gasteiger charge is -2.36. The summed E-state index contributed by atoms with van der Waals surface area (Å²) in [4.78, 5) is 22.8. The van der Waals surface area contributed by atoms with Gasteiger partial charge in [-0.1, -0.05) is 35.5 Å². The lowest BCUT2D eigenvalue weighted by molar-refractivity contribution is 0.0563. The van der Waals surface area contributed by atoms with Crippen LogP contribution in [0.4, 0.5) is 0 Å². The third kappa shape index (κ3) is 2.94. The molecule has 1 fully saturated rings. The molecule has 0 spiro atoms. The van der Waals surface area contributed by atoms with Crippen molar-refractivity contribution in [2.24, 2.45) is 0 Å². The Hall–Kier alpha value is -3.81. The topological polar surface area (TPSA) is 101 Å². The number of pyridine rings is 1. The maximum Gasteiger partial charge on any atom is 0.271 e. The summed E-state index contributed by atoms with van der Waals surface area (Å²) in [5.74, 6) is 1.04. The molecule has 0 bridgehead atoms. The fourth-order valence-corrected chi connectivity index (χ4v) is 3.18. The van der Waals surface area contributed by atoms with Gasteiger partial charge >= 0.3 is 0 Å². The number of rotatable bonds is 4. The standard InChI is InChI=1S/C20H16N6O2/c27-20(17-10-16(23-24-17)13-4-2-1-3-5-13)26-11-15(12-26)19-22-18(25-28-19)14-6-8-21-9-7-14/h1-10,15H,11-12H2,(H,23,24). The third-order valence-corrected chi connectivity index (χ3v) is 4.78. The van der Waals surface area contributed by atoms with Gasteiger partial charge < -0.3 is 9.42 Å². The Kier molecular flexibility index (Phi) is 3.93. The first-order chi connectivity index (χ1) is 13.8. The first kappa shape index (κ1) is 16.4. The molecule has 0 unspecified atom stereocenters. The predicted octanol–water partition coefficient (Wildman–Crippen LogP) is 2.76. The van der Waals surface area contributed by atoms with Crippen molar-refractivity contribution < 1.29 is 9.32 Å². The van der Waals surface area contributed by atoms with E-state index in [9.17, 15) is 4.79 Å². The van der Waals surface area contributed by atoms with Gasteiger partial charge in [0.05, 0.1) is 11.6 Å². The zero-order valence-electron chi connectivity index (χ0n) is 14.8. The molecule has 0 saturated carbocycles. The molecular formula is C20H16N6O2. The molecule has 0 radical (unpaired) electrons. The summed E-state index contributed by atoms with van der Waals surface area (Å²) in [5, 5.41) is 11.1. The molecule has 1 amide bonds. The van der Waals surface area contributed by atoms with Crippen LogP contribution in [0.5, 0.6) is 0 Å². The van der Waals surface area contributed by atoms with E-state index in [0.717, 1.165) is 16.8 Å². The minimum absolute atomic E-state index is 0.0450. The smallest absolute Gasteiger partial charge is 0.271 e. The highest BCUT2D eigenvalue weighted by atomic mass is 16.5. The van der Waals surface area contributed by atoms with Crippen LogP contribution in [-0.2, 0) is 0 Å². The van der Waals surface area contributed by atoms with E-state index in [-0.39, 0.29) is 11.8 Å². The van der Waals surface area contributed by atoms with Crippen LogP contribution in [0, 0.1) is 0 Å².